The fourth-order valence-corrected chi connectivity index (χ4v) is 2.21. The molecule has 0 aromatic heterocycles. The van der Waals surface area contributed by atoms with Gasteiger partial charge in [0.05, 0.1) is 0 Å². The minimum atomic E-state index is 0. The topological polar surface area (TPSA) is 20.2 Å². The van der Waals surface area contributed by atoms with Gasteiger partial charge in [-0.25, -0.2) is 0 Å². The molecule has 2 aromatic carbocycles. The Morgan fingerprint density at radius 2 is 1.78 bits per heavy atom. The fourth-order valence-electron chi connectivity index (χ4n) is 1.84. The maximum absolute atomic E-state index is 9.49. The van der Waals surface area contributed by atoms with E-state index in [4.69, 9.17) is 0 Å². The Kier molecular flexibility index (Phi) is 5.57. The summed E-state index contributed by atoms with van der Waals surface area (Å²) in [5.41, 5.74) is 3.32. The van der Waals surface area contributed by atoms with Crippen LogP contribution >= 0.6 is 25.0 Å². The smallest absolute Gasteiger partial charge is 0.118 e. The first-order chi connectivity index (χ1) is 8.16. The van der Waals surface area contributed by atoms with E-state index in [9.17, 15) is 5.11 Å². The molecule has 0 aliphatic heterocycles. The summed E-state index contributed by atoms with van der Waals surface area (Å²) in [4.78, 5) is 0. The van der Waals surface area contributed by atoms with Crippen molar-refractivity contribution in [3.05, 3.63) is 65.2 Å². The van der Waals surface area contributed by atoms with Crippen LogP contribution in [0.2, 0.25) is 0 Å². The molecule has 0 saturated carbocycles. The predicted molar refractivity (Wildman–Crippen MR) is 82.0 cm³/mol. The van der Waals surface area contributed by atoms with Gasteiger partial charge in [0.2, 0.25) is 0 Å². The summed E-state index contributed by atoms with van der Waals surface area (Å²) in [5, 5.41) is 9.65. The summed E-state index contributed by atoms with van der Waals surface area (Å²) >= 11 is 4.63. The third-order valence-corrected chi connectivity index (χ3v) is 3.36. The monoisotopic (exact) mass is 280 g/mol. The highest BCUT2D eigenvalue weighted by molar-refractivity contribution is 7.80. The summed E-state index contributed by atoms with van der Waals surface area (Å²) in [6.45, 7) is 1.90. The molecular formula is C15H17ClOS. The highest BCUT2D eigenvalue weighted by Gasteiger charge is 2.08. The molecule has 0 radical (unpaired) electrons. The molecule has 0 bridgehead atoms. The standard InChI is InChI=1S/C15H16OS.ClH/c1-11-9-13(7-8-14(11)16)15(17)10-12-5-3-2-4-6-12;/h2-9,15-17H,10H2,1H3;1H. The Bertz CT molecular complexity index is 499. The maximum Gasteiger partial charge on any atom is 0.118 e. The summed E-state index contributed by atoms with van der Waals surface area (Å²) in [6, 6.07) is 16.0. The molecule has 1 atom stereocenters. The summed E-state index contributed by atoms with van der Waals surface area (Å²) in [6.07, 6.45) is 0.897. The van der Waals surface area contributed by atoms with Crippen LogP contribution in [0.25, 0.3) is 0 Å². The van der Waals surface area contributed by atoms with Crippen LogP contribution in [-0.2, 0) is 6.42 Å². The molecule has 0 saturated heterocycles. The van der Waals surface area contributed by atoms with Crippen LogP contribution in [0, 0.1) is 6.92 Å². The number of aryl methyl sites for hydroxylation is 1. The van der Waals surface area contributed by atoms with Gasteiger partial charge in [0.1, 0.15) is 5.75 Å². The summed E-state index contributed by atoms with van der Waals surface area (Å²) < 4.78 is 0. The normalized spacial score (nSPS) is 11.7. The molecule has 3 heteroatoms. The van der Waals surface area contributed by atoms with Crippen molar-refractivity contribution in [1.29, 1.82) is 0 Å². The number of hydrogen-bond acceptors (Lipinski definition) is 2. The molecule has 1 unspecified atom stereocenters. The Morgan fingerprint density at radius 1 is 1.11 bits per heavy atom. The maximum atomic E-state index is 9.49. The van der Waals surface area contributed by atoms with Gasteiger partial charge in [-0.15, -0.1) is 12.4 Å². The summed E-state index contributed by atoms with van der Waals surface area (Å²) in [5.74, 6) is 0.342. The lowest BCUT2D eigenvalue weighted by Gasteiger charge is -2.12. The van der Waals surface area contributed by atoms with Crippen molar-refractivity contribution in [2.45, 2.75) is 18.6 Å². The van der Waals surface area contributed by atoms with E-state index in [1.165, 1.54) is 5.56 Å². The average molecular weight is 281 g/mol. The molecule has 2 rings (SSSR count). The molecule has 18 heavy (non-hydrogen) atoms. The van der Waals surface area contributed by atoms with Crippen molar-refractivity contribution in [3.8, 4) is 5.75 Å². The van der Waals surface area contributed by atoms with E-state index in [0.29, 0.717) is 5.75 Å². The zero-order valence-corrected chi connectivity index (χ0v) is 11.9. The van der Waals surface area contributed by atoms with Crippen LogP contribution in [0.5, 0.6) is 5.75 Å². The largest absolute Gasteiger partial charge is 0.508 e. The van der Waals surface area contributed by atoms with E-state index in [1.807, 2.05) is 37.3 Å². The molecule has 0 amide bonds. The van der Waals surface area contributed by atoms with E-state index >= 15 is 0 Å². The van der Waals surface area contributed by atoms with Crippen molar-refractivity contribution in [2.75, 3.05) is 0 Å². The van der Waals surface area contributed by atoms with Crippen molar-refractivity contribution in [1.82, 2.24) is 0 Å². The van der Waals surface area contributed by atoms with Gasteiger partial charge < -0.3 is 5.11 Å². The molecule has 0 heterocycles. The van der Waals surface area contributed by atoms with Crippen molar-refractivity contribution >= 4 is 25.0 Å². The highest BCUT2D eigenvalue weighted by atomic mass is 35.5. The van der Waals surface area contributed by atoms with Crippen LogP contribution < -0.4 is 0 Å². The van der Waals surface area contributed by atoms with Crippen molar-refractivity contribution < 1.29 is 5.11 Å². The van der Waals surface area contributed by atoms with Crippen LogP contribution in [0.4, 0.5) is 0 Å². The molecule has 1 N–H and O–H groups in total. The van der Waals surface area contributed by atoms with Gasteiger partial charge in [-0.2, -0.15) is 12.6 Å². The Balaban J connectivity index is 0.00000162. The minimum Gasteiger partial charge on any atom is -0.508 e. The zero-order valence-electron chi connectivity index (χ0n) is 10.2. The van der Waals surface area contributed by atoms with Gasteiger partial charge in [-0.05, 0) is 36.1 Å². The molecule has 2 aromatic rings. The lowest BCUT2D eigenvalue weighted by molar-refractivity contribution is 0.471. The molecule has 1 nitrogen and oxygen atoms in total. The second-order valence-corrected chi connectivity index (χ2v) is 4.87. The quantitative estimate of drug-likeness (QED) is 0.802. The van der Waals surface area contributed by atoms with Gasteiger partial charge in [-0.3, -0.25) is 0 Å². The van der Waals surface area contributed by atoms with Crippen molar-refractivity contribution in [3.63, 3.8) is 0 Å². The van der Waals surface area contributed by atoms with E-state index in [1.54, 1.807) is 6.07 Å². The number of phenolic OH excluding ortho intramolecular Hbond substituents is 1. The Hall–Kier alpha value is -1.12. The molecule has 96 valence electrons. The van der Waals surface area contributed by atoms with Gasteiger partial charge in [-0.1, -0.05) is 42.5 Å². The average Bonchev–Trinajstić information content (AvgIpc) is 2.34. The SMILES string of the molecule is Cc1cc(C(S)Cc2ccccc2)ccc1O.Cl. The van der Waals surface area contributed by atoms with E-state index < -0.39 is 0 Å². The van der Waals surface area contributed by atoms with E-state index in [2.05, 4.69) is 24.8 Å². The van der Waals surface area contributed by atoms with Crippen molar-refractivity contribution in [2.24, 2.45) is 0 Å². The number of aromatic hydroxyl groups is 1. The van der Waals surface area contributed by atoms with Gasteiger partial charge in [0, 0.05) is 5.25 Å². The molecule has 0 spiro atoms. The van der Waals surface area contributed by atoms with Crippen LogP contribution in [0.1, 0.15) is 21.9 Å². The Labute approximate surface area is 120 Å². The number of rotatable bonds is 3. The number of benzene rings is 2. The first-order valence-electron chi connectivity index (χ1n) is 5.68. The van der Waals surface area contributed by atoms with Gasteiger partial charge in [0.15, 0.2) is 0 Å². The third-order valence-electron chi connectivity index (χ3n) is 2.88. The molecule has 0 fully saturated rings. The minimum absolute atomic E-state index is 0. The van der Waals surface area contributed by atoms with E-state index in [0.717, 1.165) is 17.5 Å². The number of phenols is 1. The first kappa shape index (κ1) is 14.9. The number of hydrogen-bond donors (Lipinski definition) is 2. The fraction of sp³-hybridized carbons (Fsp3) is 0.200. The van der Waals surface area contributed by atoms with Gasteiger partial charge in [0.25, 0.3) is 0 Å². The summed E-state index contributed by atoms with van der Waals surface area (Å²) in [7, 11) is 0. The van der Waals surface area contributed by atoms with Crippen LogP contribution in [-0.4, -0.2) is 5.11 Å². The van der Waals surface area contributed by atoms with Crippen LogP contribution in [0.15, 0.2) is 48.5 Å². The lowest BCUT2D eigenvalue weighted by atomic mass is 10.0. The van der Waals surface area contributed by atoms with Crippen LogP contribution in [0.3, 0.4) is 0 Å². The third kappa shape index (κ3) is 3.69. The molecule has 0 aliphatic carbocycles. The second-order valence-electron chi connectivity index (χ2n) is 4.25. The lowest BCUT2D eigenvalue weighted by Crippen LogP contribution is -1.96. The molecule has 0 aliphatic rings. The highest BCUT2D eigenvalue weighted by Crippen LogP contribution is 2.28. The van der Waals surface area contributed by atoms with E-state index in [-0.39, 0.29) is 17.7 Å². The van der Waals surface area contributed by atoms with Gasteiger partial charge >= 0.3 is 0 Å². The number of halogens is 1. The first-order valence-corrected chi connectivity index (χ1v) is 6.20. The predicted octanol–water partition coefficient (Wildman–Crippen LogP) is 4.34. The second kappa shape index (κ2) is 6.72. The number of thiol groups is 1. The zero-order chi connectivity index (χ0) is 12.3. The molecular weight excluding hydrogens is 264 g/mol. The Morgan fingerprint density at radius 3 is 2.39 bits per heavy atom.